The minimum atomic E-state index is -0.469. The maximum absolute atomic E-state index is 13.4. The molecule has 2 aliphatic rings. The third-order valence-electron chi connectivity index (χ3n) is 4.14. The predicted octanol–water partition coefficient (Wildman–Crippen LogP) is 2.51. The number of nitrogens with zero attached hydrogens (tertiary/aromatic N) is 3. The van der Waals surface area contributed by atoms with Crippen molar-refractivity contribution in [2.45, 2.75) is 18.9 Å². The number of hydrazine groups is 2. The van der Waals surface area contributed by atoms with E-state index in [1.54, 1.807) is 11.1 Å². The molecule has 5 nitrogen and oxygen atoms in total. The van der Waals surface area contributed by atoms with Crippen LogP contribution in [0.2, 0.25) is 0 Å². The normalized spacial score (nSPS) is 21.0. The molecule has 2 aromatic rings. The van der Waals surface area contributed by atoms with Gasteiger partial charge >= 0.3 is 0 Å². The molecule has 1 fully saturated rings. The first-order chi connectivity index (χ1) is 10.7. The van der Waals surface area contributed by atoms with E-state index in [2.05, 4.69) is 0 Å². The lowest BCUT2D eigenvalue weighted by molar-refractivity contribution is -0.127. The number of fused-ring (bicyclic) bond motifs is 3. The molecule has 2 aromatic carbocycles. The van der Waals surface area contributed by atoms with Gasteiger partial charge in [-0.25, -0.2) is 4.39 Å². The fraction of sp³-hybridized carbons (Fsp3) is 0.188. The number of carbonyl (C=O) groups excluding carboxylic acids is 1. The average molecular weight is 299 g/mol. The van der Waals surface area contributed by atoms with E-state index in [4.69, 9.17) is 0 Å². The second-order valence-corrected chi connectivity index (χ2v) is 5.43. The van der Waals surface area contributed by atoms with Gasteiger partial charge in [0.05, 0.1) is 11.4 Å². The van der Waals surface area contributed by atoms with Gasteiger partial charge in [-0.2, -0.15) is 5.01 Å². The van der Waals surface area contributed by atoms with Crippen molar-refractivity contribution in [2.75, 3.05) is 10.0 Å². The quantitative estimate of drug-likeness (QED) is 0.879. The van der Waals surface area contributed by atoms with Gasteiger partial charge in [0.1, 0.15) is 11.9 Å². The molecule has 0 saturated carbocycles. The fourth-order valence-electron chi connectivity index (χ4n) is 3.14. The average Bonchev–Trinajstić information content (AvgIpc) is 2.79. The van der Waals surface area contributed by atoms with E-state index in [1.807, 2.05) is 24.3 Å². The molecule has 2 aliphatic heterocycles. The van der Waals surface area contributed by atoms with E-state index in [-0.39, 0.29) is 5.91 Å². The number of benzene rings is 2. The van der Waals surface area contributed by atoms with Crippen LogP contribution in [0, 0.1) is 5.82 Å². The number of carbonyl (C=O) groups is 1. The smallest absolute Gasteiger partial charge is 0.269 e. The van der Waals surface area contributed by atoms with Crippen LogP contribution in [0.5, 0.6) is 0 Å². The highest BCUT2D eigenvalue weighted by Crippen LogP contribution is 2.38. The highest BCUT2D eigenvalue weighted by atomic mass is 19.1. The molecule has 0 bridgehead atoms. The third-order valence-corrected chi connectivity index (χ3v) is 4.14. The zero-order valence-electron chi connectivity index (χ0n) is 11.7. The van der Waals surface area contributed by atoms with Gasteiger partial charge in [-0.05, 0) is 42.7 Å². The standard InChI is InChI=1S/C16H14FN3O2/c17-12-5-3-6-13(10-12)18-16(21)15-9-8-11-4-1-2-7-14(11)19(15)20(18)22/h1-7,10,15,22H,8-9H2. The van der Waals surface area contributed by atoms with Crippen LogP contribution >= 0.6 is 0 Å². The molecule has 1 N–H and O–H groups in total. The van der Waals surface area contributed by atoms with E-state index in [9.17, 15) is 14.4 Å². The van der Waals surface area contributed by atoms with Crippen molar-refractivity contribution in [1.29, 1.82) is 0 Å². The maximum Gasteiger partial charge on any atom is 0.269 e. The highest BCUT2D eigenvalue weighted by Gasteiger charge is 2.48. The number of aryl methyl sites for hydroxylation is 1. The number of rotatable bonds is 1. The zero-order valence-corrected chi connectivity index (χ0v) is 11.7. The molecule has 4 rings (SSSR count). The lowest BCUT2D eigenvalue weighted by atomic mass is 9.97. The Morgan fingerprint density at radius 2 is 1.95 bits per heavy atom. The Bertz CT molecular complexity index is 752. The number of hydrogen-bond donors (Lipinski definition) is 1. The van der Waals surface area contributed by atoms with Crippen LogP contribution < -0.4 is 10.0 Å². The van der Waals surface area contributed by atoms with Crippen molar-refractivity contribution >= 4 is 17.3 Å². The number of anilines is 2. The molecule has 0 spiro atoms. The first-order valence-electron chi connectivity index (χ1n) is 7.12. The van der Waals surface area contributed by atoms with Crippen LogP contribution in [0.15, 0.2) is 48.5 Å². The summed E-state index contributed by atoms with van der Waals surface area (Å²) >= 11 is 0. The summed E-state index contributed by atoms with van der Waals surface area (Å²) in [5.41, 5.74) is 2.18. The van der Waals surface area contributed by atoms with Crippen molar-refractivity contribution in [3.63, 3.8) is 0 Å². The monoisotopic (exact) mass is 299 g/mol. The summed E-state index contributed by atoms with van der Waals surface area (Å²) in [5, 5.41) is 13.9. The van der Waals surface area contributed by atoms with Gasteiger partial charge in [-0.3, -0.25) is 15.0 Å². The van der Waals surface area contributed by atoms with E-state index in [0.29, 0.717) is 12.1 Å². The van der Waals surface area contributed by atoms with Gasteiger partial charge in [-0.15, -0.1) is 0 Å². The molecule has 0 radical (unpaired) electrons. The summed E-state index contributed by atoms with van der Waals surface area (Å²) in [6.45, 7) is 0. The van der Waals surface area contributed by atoms with Gasteiger partial charge in [0, 0.05) is 5.28 Å². The number of halogens is 1. The van der Waals surface area contributed by atoms with Crippen molar-refractivity contribution in [2.24, 2.45) is 0 Å². The fourth-order valence-corrected chi connectivity index (χ4v) is 3.14. The Hall–Kier alpha value is -2.44. The Labute approximate surface area is 126 Å². The summed E-state index contributed by atoms with van der Waals surface area (Å²) in [7, 11) is 0. The van der Waals surface area contributed by atoms with Crippen molar-refractivity contribution in [3.8, 4) is 0 Å². The molecule has 0 aromatic heterocycles. The molecule has 6 heteroatoms. The van der Waals surface area contributed by atoms with Gasteiger partial charge in [0.2, 0.25) is 0 Å². The SMILES string of the molecule is O=C1C2CCc3ccccc3N2N(O)N1c1cccc(F)c1. The zero-order chi connectivity index (χ0) is 15.3. The van der Waals surface area contributed by atoms with E-state index < -0.39 is 11.9 Å². The Morgan fingerprint density at radius 3 is 2.77 bits per heavy atom. The molecule has 1 unspecified atom stereocenters. The topological polar surface area (TPSA) is 47.0 Å². The van der Waals surface area contributed by atoms with Crippen molar-refractivity contribution < 1.29 is 14.4 Å². The lowest BCUT2D eigenvalue weighted by Gasteiger charge is -2.34. The van der Waals surface area contributed by atoms with E-state index in [1.165, 1.54) is 18.2 Å². The molecule has 112 valence electrons. The largest absolute Gasteiger partial charge is 0.276 e. The van der Waals surface area contributed by atoms with Crippen LogP contribution in [0.3, 0.4) is 0 Å². The number of para-hydroxylation sites is 1. The van der Waals surface area contributed by atoms with E-state index in [0.717, 1.165) is 28.0 Å². The van der Waals surface area contributed by atoms with Crippen LogP contribution in [-0.4, -0.2) is 22.4 Å². The second kappa shape index (κ2) is 4.79. The van der Waals surface area contributed by atoms with Crippen LogP contribution in [0.25, 0.3) is 0 Å². The highest BCUT2D eigenvalue weighted by molar-refractivity contribution is 6.01. The van der Waals surface area contributed by atoms with Gasteiger partial charge in [0.15, 0.2) is 0 Å². The van der Waals surface area contributed by atoms with Crippen LogP contribution in [0.4, 0.5) is 15.8 Å². The molecule has 0 aliphatic carbocycles. The van der Waals surface area contributed by atoms with Crippen molar-refractivity contribution in [1.82, 2.24) is 5.28 Å². The van der Waals surface area contributed by atoms with Crippen molar-refractivity contribution in [3.05, 3.63) is 59.9 Å². The molecular formula is C16H14FN3O2. The molecule has 1 atom stereocenters. The molecule has 1 saturated heterocycles. The van der Waals surface area contributed by atoms with Gasteiger partial charge in [0.25, 0.3) is 5.91 Å². The maximum atomic E-state index is 13.4. The van der Waals surface area contributed by atoms with Crippen LogP contribution in [-0.2, 0) is 11.2 Å². The molecule has 22 heavy (non-hydrogen) atoms. The summed E-state index contributed by atoms with van der Waals surface area (Å²) in [6.07, 6.45) is 1.38. The summed E-state index contributed by atoms with van der Waals surface area (Å²) in [6, 6.07) is 12.8. The first kappa shape index (κ1) is 13.2. The molecular weight excluding hydrogens is 285 g/mol. The molecule has 1 amide bonds. The Morgan fingerprint density at radius 1 is 1.14 bits per heavy atom. The molecule has 2 heterocycles. The minimum Gasteiger partial charge on any atom is -0.276 e. The summed E-state index contributed by atoms with van der Waals surface area (Å²) < 4.78 is 13.4. The summed E-state index contributed by atoms with van der Waals surface area (Å²) in [4.78, 5) is 12.6. The summed E-state index contributed by atoms with van der Waals surface area (Å²) in [5.74, 6) is -0.716. The first-order valence-corrected chi connectivity index (χ1v) is 7.12. The number of hydrogen-bond acceptors (Lipinski definition) is 4. The second-order valence-electron chi connectivity index (χ2n) is 5.43. The minimum absolute atomic E-state index is 0.261. The van der Waals surface area contributed by atoms with Gasteiger partial charge in [-0.1, -0.05) is 24.3 Å². The lowest BCUT2D eigenvalue weighted by Crippen LogP contribution is -2.46. The Kier molecular flexibility index (Phi) is 2.88. The van der Waals surface area contributed by atoms with E-state index >= 15 is 0 Å². The van der Waals surface area contributed by atoms with Gasteiger partial charge < -0.3 is 0 Å². The van der Waals surface area contributed by atoms with Crippen LogP contribution in [0.1, 0.15) is 12.0 Å². The number of amides is 1. The third kappa shape index (κ3) is 1.81. The predicted molar refractivity (Wildman–Crippen MR) is 78.5 cm³/mol. The Balaban J connectivity index is 1.78.